The van der Waals surface area contributed by atoms with Crippen molar-refractivity contribution in [3.8, 4) is 22.5 Å². The molecule has 2 aromatic heterocycles. The number of halogens is 3. The van der Waals surface area contributed by atoms with Crippen LogP contribution in [-0.4, -0.2) is 21.6 Å². The molecule has 0 aliphatic carbocycles. The maximum Gasteiger partial charge on any atom is 0.236 e. The highest BCUT2D eigenvalue weighted by molar-refractivity contribution is 8.01. The Morgan fingerprint density at radius 1 is 1.03 bits per heavy atom. The number of carbonyl (C=O) groups is 1. The summed E-state index contributed by atoms with van der Waals surface area (Å²) in [5.41, 5.74) is 3.02. The van der Waals surface area contributed by atoms with Gasteiger partial charge in [0.2, 0.25) is 5.91 Å². The van der Waals surface area contributed by atoms with E-state index < -0.39 is 0 Å². The number of rotatable bonds is 6. The van der Waals surface area contributed by atoms with Gasteiger partial charge < -0.3 is 5.32 Å². The lowest BCUT2D eigenvalue weighted by molar-refractivity contribution is -0.113. The van der Waals surface area contributed by atoms with Crippen LogP contribution in [0.15, 0.2) is 57.6 Å². The second-order valence-corrected chi connectivity index (χ2v) is 9.79. The first-order chi connectivity index (χ1) is 14.5. The number of nitrogens with zero attached hydrogens (tertiary/aromatic N) is 2. The maximum atomic E-state index is 13.0. The molecular formula is C20H12Cl2FN3OS3. The molecule has 1 N–H and O–H groups in total. The highest BCUT2D eigenvalue weighted by Gasteiger charge is 2.12. The zero-order valence-corrected chi connectivity index (χ0v) is 19.0. The lowest BCUT2D eigenvalue weighted by Gasteiger charge is -2.01. The number of hydrogen-bond donors (Lipinski definition) is 1. The van der Waals surface area contributed by atoms with Crippen molar-refractivity contribution in [1.82, 2.24) is 9.97 Å². The lowest BCUT2D eigenvalue weighted by Crippen LogP contribution is -2.13. The van der Waals surface area contributed by atoms with Crippen molar-refractivity contribution in [2.24, 2.45) is 0 Å². The summed E-state index contributed by atoms with van der Waals surface area (Å²) in [6, 6.07) is 11.3. The number of thiazole rings is 2. The smallest absolute Gasteiger partial charge is 0.236 e. The second kappa shape index (κ2) is 9.45. The summed E-state index contributed by atoms with van der Waals surface area (Å²) in [4.78, 5) is 21.2. The van der Waals surface area contributed by atoms with Crippen molar-refractivity contribution in [3.05, 3.63) is 69.1 Å². The largest absolute Gasteiger partial charge is 0.301 e. The molecule has 1 amide bonds. The molecule has 0 aliphatic heterocycles. The summed E-state index contributed by atoms with van der Waals surface area (Å²) in [5, 5.41) is 8.08. The highest BCUT2D eigenvalue weighted by atomic mass is 35.5. The molecule has 0 atom stereocenters. The van der Waals surface area contributed by atoms with Crippen molar-refractivity contribution in [3.63, 3.8) is 0 Å². The number of carbonyl (C=O) groups excluding carboxylic acids is 1. The Bertz CT molecular complexity index is 1190. The van der Waals surface area contributed by atoms with Crippen LogP contribution in [0.1, 0.15) is 0 Å². The fourth-order valence-corrected chi connectivity index (χ4v) is 5.38. The summed E-state index contributed by atoms with van der Waals surface area (Å²) in [5.74, 6) is -0.281. The van der Waals surface area contributed by atoms with Gasteiger partial charge in [-0.3, -0.25) is 4.79 Å². The number of nitrogens with one attached hydrogen (secondary N) is 1. The number of aromatic nitrogens is 2. The molecule has 2 aromatic carbocycles. The first-order valence-corrected chi connectivity index (χ1v) is 12.0. The predicted molar refractivity (Wildman–Crippen MR) is 124 cm³/mol. The zero-order chi connectivity index (χ0) is 21.1. The molecule has 30 heavy (non-hydrogen) atoms. The van der Waals surface area contributed by atoms with Gasteiger partial charge in [0.15, 0.2) is 9.47 Å². The van der Waals surface area contributed by atoms with Crippen LogP contribution in [0.3, 0.4) is 0 Å². The van der Waals surface area contributed by atoms with E-state index in [1.807, 2.05) is 16.8 Å². The lowest BCUT2D eigenvalue weighted by atomic mass is 10.2. The SMILES string of the molecule is O=C(CSc1nc(-c2ccc(Cl)cc2Cl)cs1)Nc1nc(-c2ccc(F)cc2)cs1. The normalized spacial score (nSPS) is 10.9. The summed E-state index contributed by atoms with van der Waals surface area (Å²) in [6.45, 7) is 0. The average molecular weight is 496 g/mol. The minimum atomic E-state index is -0.303. The van der Waals surface area contributed by atoms with Crippen molar-refractivity contribution in [2.75, 3.05) is 11.1 Å². The molecule has 0 bridgehead atoms. The summed E-state index contributed by atoms with van der Waals surface area (Å²) in [6.07, 6.45) is 0. The summed E-state index contributed by atoms with van der Waals surface area (Å²) < 4.78 is 13.8. The third-order valence-corrected chi connectivity index (χ3v) is 7.23. The molecule has 0 saturated heterocycles. The van der Waals surface area contributed by atoms with Crippen molar-refractivity contribution >= 4 is 68.7 Å². The Labute approximate surface area is 194 Å². The average Bonchev–Trinajstić information content (AvgIpc) is 3.37. The van der Waals surface area contributed by atoms with Crippen LogP contribution in [0.5, 0.6) is 0 Å². The van der Waals surface area contributed by atoms with E-state index in [1.165, 1.54) is 46.6 Å². The fourth-order valence-electron chi connectivity index (χ4n) is 2.51. The fraction of sp³-hybridized carbons (Fsp3) is 0.0500. The van der Waals surface area contributed by atoms with Gasteiger partial charge in [-0.15, -0.1) is 22.7 Å². The first-order valence-electron chi connectivity index (χ1n) is 8.53. The van der Waals surface area contributed by atoms with Crippen LogP contribution in [-0.2, 0) is 4.79 Å². The Morgan fingerprint density at radius 2 is 1.80 bits per heavy atom. The molecule has 152 valence electrons. The number of hydrogen-bond acceptors (Lipinski definition) is 6. The van der Waals surface area contributed by atoms with E-state index in [-0.39, 0.29) is 17.5 Å². The second-order valence-electron chi connectivity index (χ2n) is 6.00. The molecule has 4 aromatic rings. The van der Waals surface area contributed by atoms with Gasteiger partial charge in [-0.1, -0.05) is 35.0 Å². The third kappa shape index (κ3) is 5.19. The Morgan fingerprint density at radius 3 is 2.57 bits per heavy atom. The minimum absolute atomic E-state index is 0.179. The number of anilines is 1. The van der Waals surface area contributed by atoms with E-state index in [0.717, 1.165) is 21.2 Å². The molecular weight excluding hydrogens is 484 g/mol. The zero-order valence-electron chi connectivity index (χ0n) is 15.1. The van der Waals surface area contributed by atoms with Crippen LogP contribution in [0.2, 0.25) is 10.0 Å². The number of thioether (sulfide) groups is 1. The Balaban J connectivity index is 1.34. The van der Waals surface area contributed by atoms with Gasteiger partial charge in [-0.2, -0.15) is 0 Å². The van der Waals surface area contributed by atoms with Crippen LogP contribution in [0.25, 0.3) is 22.5 Å². The van der Waals surface area contributed by atoms with Gasteiger partial charge in [-0.05, 0) is 42.5 Å². The van der Waals surface area contributed by atoms with E-state index in [2.05, 4.69) is 15.3 Å². The van der Waals surface area contributed by atoms with Crippen LogP contribution >= 0.6 is 57.6 Å². The van der Waals surface area contributed by atoms with E-state index in [4.69, 9.17) is 23.2 Å². The van der Waals surface area contributed by atoms with E-state index in [0.29, 0.717) is 20.9 Å². The molecule has 0 aliphatic rings. The summed E-state index contributed by atoms with van der Waals surface area (Å²) in [7, 11) is 0. The molecule has 4 rings (SSSR count). The standard InChI is InChI=1S/C20H12Cl2FN3OS3/c21-12-3-6-14(15(22)7-12)17-9-29-20(25-17)30-10-18(27)26-19-24-16(8-28-19)11-1-4-13(23)5-2-11/h1-9H,10H2,(H,24,26,27). The van der Waals surface area contributed by atoms with Gasteiger partial charge in [-0.25, -0.2) is 14.4 Å². The van der Waals surface area contributed by atoms with Gasteiger partial charge in [0, 0.05) is 26.9 Å². The Hall–Kier alpha value is -1.97. The van der Waals surface area contributed by atoms with E-state index >= 15 is 0 Å². The van der Waals surface area contributed by atoms with Gasteiger partial charge in [0.05, 0.1) is 22.2 Å². The monoisotopic (exact) mass is 495 g/mol. The molecule has 0 unspecified atom stereocenters. The molecule has 0 fully saturated rings. The highest BCUT2D eigenvalue weighted by Crippen LogP contribution is 2.33. The van der Waals surface area contributed by atoms with Crippen molar-refractivity contribution in [1.29, 1.82) is 0 Å². The molecule has 0 radical (unpaired) electrons. The van der Waals surface area contributed by atoms with Crippen LogP contribution in [0, 0.1) is 5.82 Å². The quantitative estimate of drug-likeness (QED) is 0.289. The van der Waals surface area contributed by atoms with Gasteiger partial charge in [0.25, 0.3) is 0 Å². The minimum Gasteiger partial charge on any atom is -0.301 e. The summed E-state index contributed by atoms with van der Waals surface area (Å²) >= 11 is 16.3. The van der Waals surface area contributed by atoms with Crippen molar-refractivity contribution in [2.45, 2.75) is 4.34 Å². The number of amides is 1. The Kier molecular flexibility index (Phi) is 6.70. The molecule has 0 saturated carbocycles. The predicted octanol–water partition coefficient (Wildman–Crippen LogP) is 7.11. The maximum absolute atomic E-state index is 13.0. The molecule has 0 spiro atoms. The molecule has 4 nitrogen and oxygen atoms in total. The van der Waals surface area contributed by atoms with E-state index in [9.17, 15) is 9.18 Å². The van der Waals surface area contributed by atoms with Gasteiger partial charge in [0.1, 0.15) is 5.82 Å². The number of benzene rings is 2. The van der Waals surface area contributed by atoms with Crippen molar-refractivity contribution < 1.29 is 9.18 Å². The van der Waals surface area contributed by atoms with E-state index in [1.54, 1.807) is 24.3 Å². The van der Waals surface area contributed by atoms with Crippen LogP contribution in [0.4, 0.5) is 9.52 Å². The third-order valence-electron chi connectivity index (χ3n) is 3.91. The molecule has 2 heterocycles. The molecule has 10 heteroatoms. The van der Waals surface area contributed by atoms with Gasteiger partial charge >= 0.3 is 0 Å². The first kappa shape index (κ1) is 21.3. The van der Waals surface area contributed by atoms with Crippen LogP contribution < -0.4 is 5.32 Å². The topological polar surface area (TPSA) is 54.9 Å².